The van der Waals surface area contributed by atoms with Crippen LogP contribution in [0.25, 0.3) is 28.6 Å². The molecule has 0 bridgehead atoms. The van der Waals surface area contributed by atoms with E-state index in [2.05, 4.69) is 45.3 Å². The lowest BCUT2D eigenvalue weighted by Gasteiger charge is -2.14. The van der Waals surface area contributed by atoms with E-state index >= 15 is 0 Å². The average molecular weight is 395 g/mol. The fraction of sp³-hybridized carbons (Fsp3) is 0.333. The number of imidazole rings is 2. The van der Waals surface area contributed by atoms with Gasteiger partial charge in [-0.2, -0.15) is 0 Å². The minimum atomic E-state index is 0.950. The molecule has 0 saturated heterocycles. The molecule has 3 heterocycles. The minimum absolute atomic E-state index is 0.950. The average Bonchev–Trinajstić information content (AvgIpc) is 3.51. The molecule has 0 N–H and O–H groups in total. The summed E-state index contributed by atoms with van der Waals surface area (Å²) >= 11 is 3.70. The Morgan fingerprint density at radius 1 is 0.926 bits per heavy atom. The third kappa shape index (κ3) is 2.91. The second-order valence-electron chi connectivity index (χ2n) is 6.93. The minimum Gasteiger partial charge on any atom is -0.301 e. The van der Waals surface area contributed by atoms with Gasteiger partial charge in [0.2, 0.25) is 0 Å². The Kier molecular flexibility index (Phi) is 4.53. The largest absolute Gasteiger partial charge is 0.301 e. The number of thiophene rings is 1. The Labute approximate surface area is 167 Å². The van der Waals surface area contributed by atoms with Crippen LogP contribution in [0.5, 0.6) is 0 Å². The maximum Gasteiger partial charge on any atom is 0.181 e. The smallest absolute Gasteiger partial charge is 0.181 e. The van der Waals surface area contributed by atoms with Crippen molar-refractivity contribution in [3.8, 4) is 11.6 Å². The van der Waals surface area contributed by atoms with Crippen LogP contribution in [-0.2, 0) is 0 Å². The molecule has 0 unspecified atom stereocenters. The number of allylic oxidation sites excluding steroid dienone is 4. The molecule has 138 valence electrons. The van der Waals surface area contributed by atoms with Crippen molar-refractivity contribution in [2.45, 2.75) is 38.5 Å². The van der Waals surface area contributed by atoms with Crippen LogP contribution in [0.3, 0.4) is 0 Å². The van der Waals surface area contributed by atoms with Crippen molar-refractivity contribution in [3.05, 3.63) is 52.1 Å². The van der Waals surface area contributed by atoms with Gasteiger partial charge in [0.15, 0.2) is 11.6 Å². The molecular weight excluding hydrogens is 372 g/mol. The van der Waals surface area contributed by atoms with Gasteiger partial charge in [0.25, 0.3) is 0 Å². The number of thioether (sulfide) groups is 1. The molecule has 4 nitrogen and oxygen atoms in total. The van der Waals surface area contributed by atoms with Crippen LogP contribution in [-0.4, -0.2) is 25.4 Å². The molecule has 0 spiro atoms. The lowest BCUT2D eigenvalue weighted by atomic mass is 10.2. The Morgan fingerprint density at radius 3 is 2.33 bits per heavy atom. The maximum atomic E-state index is 4.72. The Balaban J connectivity index is 1.62. The van der Waals surface area contributed by atoms with Crippen molar-refractivity contribution in [3.63, 3.8) is 0 Å². The molecule has 3 aromatic heterocycles. The van der Waals surface area contributed by atoms with Gasteiger partial charge in [-0.3, -0.25) is 0 Å². The third-order valence-electron chi connectivity index (χ3n) is 5.46. The van der Waals surface area contributed by atoms with Crippen molar-refractivity contribution >= 4 is 40.1 Å². The van der Waals surface area contributed by atoms with E-state index in [1.165, 1.54) is 46.0 Å². The highest BCUT2D eigenvalue weighted by molar-refractivity contribution is 8.02. The van der Waals surface area contributed by atoms with Gasteiger partial charge in [0.05, 0.1) is 0 Å². The van der Waals surface area contributed by atoms with E-state index in [1.54, 1.807) is 0 Å². The van der Waals surface area contributed by atoms with Gasteiger partial charge in [0.1, 0.15) is 0 Å². The zero-order valence-corrected chi connectivity index (χ0v) is 17.0. The molecule has 0 aliphatic heterocycles. The molecule has 5 rings (SSSR count). The van der Waals surface area contributed by atoms with E-state index in [4.69, 9.17) is 9.97 Å². The van der Waals surface area contributed by atoms with Crippen molar-refractivity contribution in [1.82, 2.24) is 19.1 Å². The number of nitrogens with zero attached hydrogens (tertiary/aromatic N) is 4. The normalized spacial score (nSPS) is 17.5. The molecule has 6 heteroatoms. The molecule has 2 aliphatic rings. The zero-order valence-electron chi connectivity index (χ0n) is 15.4. The molecule has 0 fully saturated rings. The Morgan fingerprint density at radius 2 is 1.63 bits per heavy atom. The molecule has 0 radical (unpaired) electrons. The van der Waals surface area contributed by atoms with Gasteiger partial charge in [0, 0.05) is 46.0 Å². The fourth-order valence-electron chi connectivity index (χ4n) is 4.26. The maximum absolute atomic E-state index is 4.72. The van der Waals surface area contributed by atoms with E-state index < -0.39 is 0 Å². The van der Waals surface area contributed by atoms with Crippen LogP contribution >= 0.6 is 23.1 Å². The summed E-state index contributed by atoms with van der Waals surface area (Å²) in [6.45, 7) is 0. The zero-order chi connectivity index (χ0) is 18.2. The lowest BCUT2D eigenvalue weighted by molar-refractivity contribution is 0.890. The number of aromatic nitrogens is 4. The van der Waals surface area contributed by atoms with Gasteiger partial charge in [-0.05, 0) is 61.8 Å². The summed E-state index contributed by atoms with van der Waals surface area (Å²) in [7, 11) is 0. The predicted octanol–water partition coefficient (Wildman–Crippen LogP) is 6.08. The first-order chi connectivity index (χ1) is 13.4. The van der Waals surface area contributed by atoms with E-state index in [9.17, 15) is 0 Å². The first-order valence-corrected chi connectivity index (χ1v) is 11.6. The van der Waals surface area contributed by atoms with Crippen LogP contribution in [0.4, 0.5) is 0 Å². The van der Waals surface area contributed by atoms with Crippen LogP contribution in [0.1, 0.15) is 43.4 Å². The molecule has 0 saturated carbocycles. The summed E-state index contributed by atoms with van der Waals surface area (Å²) in [5.41, 5.74) is 4.24. The summed E-state index contributed by atoms with van der Waals surface area (Å²) in [5.74, 6) is 1.90. The number of hydrogen-bond acceptors (Lipinski definition) is 4. The Bertz CT molecular complexity index is 1020. The highest BCUT2D eigenvalue weighted by atomic mass is 32.2. The van der Waals surface area contributed by atoms with Gasteiger partial charge in [-0.15, -0.1) is 23.1 Å². The fourth-order valence-corrected chi connectivity index (χ4v) is 5.86. The molecule has 0 atom stereocenters. The molecule has 0 aromatic carbocycles. The quantitative estimate of drug-likeness (QED) is 0.526. The van der Waals surface area contributed by atoms with Crippen LogP contribution in [0, 0.1) is 0 Å². The van der Waals surface area contributed by atoms with Crippen molar-refractivity contribution in [1.29, 1.82) is 0 Å². The van der Waals surface area contributed by atoms with Gasteiger partial charge >= 0.3 is 0 Å². The van der Waals surface area contributed by atoms with Gasteiger partial charge in [-0.1, -0.05) is 6.07 Å². The van der Waals surface area contributed by atoms with Crippen molar-refractivity contribution in [2.24, 2.45) is 0 Å². The van der Waals surface area contributed by atoms with E-state index in [1.807, 2.05) is 35.5 Å². The third-order valence-corrected chi connectivity index (χ3v) is 7.32. The summed E-state index contributed by atoms with van der Waals surface area (Å²) in [6.07, 6.45) is 17.1. The molecule has 27 heavy (non-hydrogen) atoms. The van der Waals surface area contributed by atoms with Crippen LogP contribution in [0.2, 0.25) is 0 Å². The summed E-state index contributed by atoms with van der Waals surface area (Å²) in [4.78, 5) is 12.3. The molecule has 3 aromatic rings. The van der Waals surface area contributed by atoms with Crippen molar-refractivity contribution < 1.29 is 0 Å². The topological polar surface area (TPSA) is 35.6 Å². The first-order valence-electron chi connectivity index (χ1n) is 9.46. The molecule has 0 amide bonds. The van der Waals surface area contributed by atoms with E-state index in [-0.39, 0.29) is 0 Å². The van der Waals surface area contributed by atoms with Gasteiger partial charge < -0.3 is 9.13 Å². The van der Waals surface area contributed by atoms with Crippen LogP contribution in [0.15, 0.2) is 47.2 Å². The summed E-state index contributed by atoms with van der Waals surface area (Å²) in [6, 6.07) is 4.37. The number of hydrogen-bond donors (Lipinski definition) is 0. The van der Waals surface area contributed by atoms with Gasteiger partial charge in [-0.25, -0.2) is 9.97 Å². The Hall–Kier alpha value is -2.05. The monoisotopic (exact) mass is 394 g/mol. The lowest BCUT2D eigenvalue weighted by Crippen LogP contribution is -2.05. The number of rotatable bonds is 5. The first kappa shape index (κ1) is 17.1. The SMILES string of the molecule is CSC1=C(n2ccnc2-c2nccn2C2=C(c3cccs3)CCC2)CCC1. The van der Waals surface area contributed by atoms with E-state index in [0.717, 1.165) is 30.9 Å². The van der Waals surface area contributed by atoms with E-state index in [0.29, 0.717) is 0 Å². The summed E-state index contributed by atoms with van der Waals surface area (Å²) < 4.78 is 4.53. The highest BCUT2D eigenvalue weighted by Gasteiger charge is 2.24. The molecular formula is C21H22N4S2. The summed E-state index contributed by atoms with van der Waals surface area (Å²) in [5, 5.41) is 2.16. The standard InChI is InChI=1S/C21H22N4S2/c1-26-19-8-3-7-17(19)25-13-11-23-21(25)20-22-10-12-24(20)16-6-2-5-15(16)18-9-4-14-27-18/h4,9-14H,2-3,5-8H2,1H3. The second-order valence-corrected chi connectivity index (χ2v) is 8.77. The highest BCUT2D eigenvalue weighted by Crippen LogP contribution is 2.41. The van der Waals surface area contributed by atoms with Crippen molar-refractivity contribution in [2.75, 3.05) is 6.26 Å². The van der Waals surface area contributed by atoms with Crippen LogP contribution < -0.4 is 0 Å². The molecule has 2 aliphatic carbocycles. The predicted molar refractivity (Wildman–Crippen MR) is 115 cm³/mol. The second kappa shape index (κ2) is 7.17.